The maximum absolute atomic E-state index is 12.2. The fraction of sp³-hybridized carbons (Fsp3) is 0.389. The summed E-state index contributed by atoms with van der Waals surface area (Å²) in [4.78, 5) is 20.9. The van der Waals surface area contributed by atoms with Crippen molar-refractivity contribution >= 4 is 11.7 Å². The molecule has 4 heteroatoms. The SMILES string of the molecule is Cc1cnc(NC(=O)CC23CC(C2)C3)cc1-c1ccccn1. The van der Waals surface area contributed by atoms with E-state index in [4.69, 9.17) is 0 Å². The highest BCUT2D eigenvalue weighted by Crippen LogP contribution is 2.66. The second-order valence-electron chi connectivity index (χ2n) is 6.80. The fourth-order valence-corrected chi connectivity index (χ4v) is 3.79. The second kappa shape index (κ2) is 4.90. The number of hydrogen-bond donors (Lipinski definition) is 1. The number of pyridine rings is 2. The number of aryl methyl sites for hydroxylation is 1. The van der Waals surface area contributed by atoms with Crippen molar-refractivity contribution in [3.63, 3.8) is 0 Å². The summed E-state index contributed by atoms with van der Waals surface area (Å²) in [5, 5.41) is 2.95. The van der Waals surface area contributed by atoms with Crippen LogP contribution in [-0.4, -0.2) is 15.9 Å². The molecule has 0 aromatic carbocycles. The van der Waals surface area contributed by atoms with E-state index >= 15 is 0 Å². The molecule has 5 rings (SSSR count). The van der Waals surface area contributed by atoms with Gasteiger partial charge in [0.05, 0.1) is 5.69 Å². The number of anilines is 1. The van der Waals surface area contributed by atoms with Gasteiger partial charge in [0.25, 0.3) is 0 Å². The summed E-state index contributed by atoms with van der Waals surface area (Å²) >= 11 is 0. The smallest absolute Gasteiger partial charge is 0.226 e. The molecule has 0 unspecified atom stereocenters. The van der Waals surface area contributed by atoms with Crippen LogP contribution in [0.25, 0.3) is 11.3 Å². The molecule has 3 aliphatic rings. The lowest BCUT2D eigenvalue weighted by Crippen LogP contribution is -2.53. The van der Waals surface area contributed by atoms with Crippen molar-refractivity contribution < 1.29 is 4.79 Å². The van der Waals surface area contributed by atoms with Crippen LogP contribution in [0.15, 0.2) is 36.7 Å². The van der Waals surface area contributed by atoms with E-state index in [-0.39, 0.29) is 5.91 Å². The van der Waals surface area contributed by atoms with Gasteiger partial charge in [0, 0.05) is 24.4 Å². The molecule has 1 amide bonds. The first-order valence-electron chi connectivity index (χ1n) is 7.81. The Balaban J connectivity index is 1.51. The van der Waals surface area contributed by atoms with Crippen molar-refractivity contribution in [1.82, 2.24) is 9.97 Å². The lowest BCUT2D eigenvalue weighted by Gasteiger charge is -2.61. The third-order valence-electron chi connectivity index (χ3n) is 5.01. The molecule has 0 saturated heterocycles. The molecule has 0 atom stereocenters. The van der Waals surface area contributed by atoms with Gasteiger partial charge in [-0.25, -0.2) is 4.98 Å². The van der Waals surface area contributed by atoms with Gasteiger partial charge >= 0.3 is 0 Å². The molecule has 3 aliphatic carbocycles. The maximum atomic E-state index is 12.2. The Labute approximate surface area is 130 Å². The average Bonchev–Trinajstić information content (AvgIpc) is 2.45. The van der Waals surface area contributed by atoms with Crippen molar-refractivity contribution in [3.8, 4) is 11.3 Å². The third-order valence-corrected chi connectivity index (χ3v) is 5.01. The summed E-state index contributed by atoms with van der Waals surface area (Å²) in [6.45, 7) is 2.00. The predicted octanol–water partition coefficient (Wildman–Crippen LogP) is 3.58. The Bertz CT molecular complexity index is 709. The van der Waals surface area contributed by atoms with Crippen molar-refractivity contribution in [2.45, 2.75) is 32.6 Å². The van der Waals surface area contributed by atoms with Crippen LogP contribution in [-0.2, 0) is 4.79 Å². The van der Waals surface area contributed by atoms with Crippen molar-refractivity contribution in [2.24, 2.45) is 11.3 Å². The normalized spacial score (nSPS) is 25.0. The van der Waals surface area contributed by atoms with Crippen molar-refractivity contribution in [3.05, 3.63) is 42.2 Å². The standard InChI is InChI=1S/C18H19N3O/c1-12-11-20-16(6-14(12)15-4-2-3-5-19-15)21-17(22)10-18-7-13(8-18)9-18/h2-6,11,13H,7-10H2,1H3,(H,20,21,22). The third kappa shape index (κ3) is 2.28. The molecule has 4 nitrogen and oxygen atoms in total. The van der Waals surface area contributed by atoms with E-state index in [0.717, 1.165) is 22.7 Å². The first-order chi connectivity index (χ1) is 10.6. The number of hydrogen-bond acceptors (Lipinski definition) is 3. The van der Waals surface area contributed by atoms with Crippen LogP contribution in [0.5, 0.6) is 0 Å². The minimum atomic E-state index is 0.0847. The van der Waals surface area contributed by atoms with Crippen LogP contribution in [0, 0.1) is 18.3 Å². The molecule has 2 aromatic rings. The summed E-state index contributed by atoms with van der Waals surface area (Å²) in [5.74, 6) is 1.60. The zero-order valence-corrected chi connectivity index (χ0v) is 12.7. The van der Waals surface area contributed by atoms with Gasteiger partial charge in [-0.15, -0.1) is 0 Å². The molecule has 3 fully saturated rings. The van der Waals surface area contributed by atoms with Gasteiger partial charge in [-0.2, -0.15) is 0 Å². The molecule has 0 radical (unpaired) electrons. The van der Waals surface area contributed by atoms with Gasteiger partial charge in [0.2, 0.25) is 5.91 Å². The Hall–Kier alpha value is -2.23. The summed E-state index contributed by atoms with van der Waals surface area (Å²) in [6.07, 6.45) is 7.91. The Morgan fingerprint density at radius 3 is 2.77 bits per heavy atom. The molecule has 0 aliphatic heterocycles. The highest BCUT2D eigenvalue weighted by molar-refractivity contribution is 5.91. The quantitative estimate of drug-likeness (QED) is 0.937. The molecular weight excluding hydrogens is 274 g/mol. The highest BCUT2D eigenvalue weighted by atomic mass is 16.1. The van der Waals surface area contributed by atoms with Crippen molar-refractivity contribution in [1.29, 1.82) is 0 Å². The summed E-state index contributed by atoms with van der Waals surface area (Å²) in [6, 6.07) is 7.74. The van der Waals surface area contributed by atoms with E-state index in [1.807, 2.05) is 31.2 Å². The molecule has 1 N–H and O–H groups in total. The molecule has 2 aromatic heterocycles. The van der Waals surface area contributed by atoms with Gasteiger partial charge in [0.1, 0.15) is 5.82 Å². The van der Waals surface area contributed by atoms with Crippen LogP contribution < -0.4 is 5.32 Å². The van der Waals surface area contributed by atoms with Crippen LogP contribution in [0.4, 0.5) is 5.82 Å². The van der Waals surface area contributed by atoms with Crippen LogP contribution in [0.3, 0.4) is 0 Å². The zero-order chi connectivity index (χ0) is 15.2. The zero-order valence-electron chi connectivity index (χ0n) is 12.7. The Morgan fingerprint density at radius 1 is 1.32 bits per heavy atom. The molecule has 0 spiro atoms. The molecule has 112 valence electrons. The average molecular weight is 293 g/mol. The Morgan fingerprint density at radius 2 is 2.14 bits per heavy atom. The molecule has 2 bridgehead atoms. The van der Waals surface area contributed by atoms with E-state index in [1.54, 1.807) is 12.4 Å². The van der Waals surface area contributed by atoms with Gasteiger partial charge in [-0.3, -0.25) is 9.78 Å². The molecule has 3 saturated carbocycles. The van der Waals surface area contributed by atoms with Gasteiger partial charge in [0.15, 0.2) is 0 Å². The number of nitrogens with zero attached hydrogens (tertiary/aromatic N) is 2. The van der Waals surface area contributed by atoms with Crippen LogP contribution >= 0.6 is 0 Å². The topological polar surface area (TPSA) is 54.9 Å². The fourth-order valence-electron chi connectivity index (χ4n) is 3.79. The first kappa shape index (κ1) is 13.4. The summed E-state index contributed by atoms with van der Waals surface area (Å²) in [7, 11) is 0. The van der Waals surface area contributed by atoms with E-state index in [0.29, 0.717) is 17.7 Å². The summed E-state index contributed by atoms with van der Waals surface area (Å²) in [5.41, 5.74) is 3.29. The lowest BCUT2D eigenvalue weighted by molar-refractivity contribution is -0.139. The van der Waals surface area contributed by atoms with E-state index in [2.05, 4.69) is 15.3 Å². The van der Waals surface area contributed by atoms with Gasteiger partial charge in [-0.1, -0.05) is 6.07 Å². The van der Waals surface area contributed by atoms with Crippen LogP contribution in [0.2, 0.25) is 0 Å². The number of aromatic nitrogens is 2. The number of carbonyl (C=O) groups excluding carboxylic acids is 1. The number of nitrogens with one attached hydrogen (secondary N) is 1. The summed E-state index contributed by atoms with van der Waals surface area (Å²) < 4.78 is 0. The largest absolute Gasteiger partial charge is 0.311 e. The number of rotatable bonds is 4. The predicted molar refractivity (Wildman–Crippen MR) is 85.2 cm³/mol. The van der Waals surface area contributed by atoms with Crippen molar-refractivity contribution in [2.75, 3.05) is 5.32 Å². The van der Waals surface area contributed by atoms with E-state index < -0.39 is 0 Å². The number of carbonyl (C=O) groups is 1. The Kier molecular flexibility index (Phi) is 2.99. The minimum Gasteiger partial charge on any atom is -0.311 e. The molecular formula is C18H19N3O. The lowest BCUT2D eigenvalue weighted by atomic mass is 9.43. The van der Waals surface area contributed by atoms with Gasteiger partial charge in [-0.05, 0) is 61.3 Å². The minimum absolute atomic E-state index is 0.0847. The van der Waals surface area contributed by atoms with Crippen LogP contribution in [0.1, 0.15) is 31.2 Å². The molecule has 22 heavy (non-hydrogen) atoms. The van der Waals surface area contributed by atoms with E-state index in [9.17, 15) is 4.79 Å². The second-order valence-corrected chi connectivity index (χ2v) is 6.80. The number of amides is 1. The van der Waals surface area contributed by atoms with Gasteiger partial charge < -0.3 is 5.32 Å². The maximum Gasteiger partial charge on any atom is 0.226 e. The van der Waals surface area contributed by atoms with E-state index in [1.165, 1.54) is 19.3 Å². The highest BCUT2D eigenvalue weighted by Gasteiger charge is 2.56. The monoisotopic (exact) mass is 293 g/mol. The molecule has 2 heterocycles. The first-order valence-corrected chi connectivity index (χ1v) is 7.81.